The molecule has 4 heterocycles. The van der Waals surface area contributed by atoms with Crippen LogP contribution in [0.4, 0.5) is 0 Å². The summed E-state index contributed by atoms with van der Waals surface area (Å²) in [4.78, 5) is 36.2. The molecule has 0 radical (unpaired) electrons. The fraction of sp³-hybridized carbons (Fsp3) is 0.375. The number of fused-ring (bicyclic) bond motifs is 1. The van der Waals surface area contributed by atoms with Crippen molar-refractivity contribution in [2.75, 3.05) is 13.1 Å². The number of amides is 1. The van der Waals surface area contributed by atoms with Gasteiger partial charge in [0.2, 0.25) is 0 Å². The van der Waals surface area contributed by atoms with Crippen LogP contribution in [-0.4, -0.2) is 42.8 Å². The lowest BCUT2D eigenvalue weighted by Gasteiger charge is -2.33. The summed E-state index contributed by atoms with van der Waals surface area (Å²) in [6, 6.07) is 0.200. The Labute approximate surface area is 142 Å². The van der Waals surface area contributed by atoms with Crippen molar-refractivity contribution in [1.82, 2.24) is 23.8 Å². The Balaban J connectivity index is 1.62. The van der Waals surface area contributed by atoms with Gasteiger partial charge < -0.3 is 9.47 Å². The molecule has 1 aliphatic heterocycles. The van der Waals surface area contributed by atoms with Gasteiger partial charge in [0.25, 0.3) is 11.5 Å². The number of likely N-dealkylation sites (tertiary alicyclic amines) is 1. The third kappa shape index (κ3) is 2.43. The van der Waals surface area contributed by atoms with Crippen LogP contribution in [0.1, 0.15) is 35.1 Å². The molecule has 3 aromatic rings. The molecular formula is C16H17N5O2S. The Hall–Kier alpha value is -2.48. The molecule has 1 fully saturated rings. The number of nitrogens with zero attached hydrogens (tertiary/aromatic N) is 5. The van der Waals surface area contributed by atoms with Gasteiger partial charge in [0.1, 0.15) is 11.4 Å². The number of piperidine rings is 1. The van der Waals surface area contributed by atoms with Crippen LogP contribution in [0.3, 0.4) is 0 Å². The first-order chi connectivity index (χ1) is 11.6. The smallest absolute Gasteiger partial charge is 0.271 e. The summed E-state index contributed by atoms with van der Waals surface area (Å²) in [5, 5.41) is 1.79. The van der Waals surface area contributed by atoms with E-state index in [1.165, 1.54) is 21.9 Å². The van der Waals surface area contributed by atoms with Gasteiger partial charge >= 0.3 is 0 Å². The highest BCUT2D eigenvalue weighted by Gasteiger charge is 2.28. The highest BCUT2D eigenvalue weighted by Crippen LogP contribution is 2.23. The molecule has 0 saturated carbocycles. The predicted octanol–water partition coefficient (Wildman–Crippen LogP) is 1.74. The summed E-state index contributed by atoms with van der Waals surface area (Å²) in [6.45, 7) is 3.21. The Morgan fingerprint density at radius 1 is 1.33 bits per heavy atom. The second kappa shape index (κ2) is 5.86. The van der Waals surface area contributed by atoms with Gasteiger partial charge in [-0.05, 0) is 19.8 Å². The van der Waals surface area contributed by atoms with Gasteiger partial charge in [-0.1, -0.05) is 0 Å². The van der Waals surface area contributed by atoms with Crippen LogP contribution in [0.5, 0.6) is 0 Å². The third-order valence-corrected chi connectivity index (χ3v) is 5.28. The lowest BCUT2D eigenvalue weighted by atomic mass is 10.0. The Morgan fingerprint density at radius 3 is 3.00 bits per heavy atom. The Kier molecular flexibility index (Phi) is 3.68. The standard InChI is InChI=1S/C16H17N5O2S/c1-11-17-4-6-20(11)12-3-2-5-19(10-12)14(22)13-9-18-16-21(15(13)23)7-8-24-16/h4,6-9,12H,2-3,5,10H2,1H3/t12-/m1/s1. The minimum absolute atomic E-state index is 0.133. The molecule has 0 aromatic carbocycles. The highest BCUT2D eigenvalue weighted by molar-refractivity contribution is 7.15. The zero-order chi connectivity index (χ0) is 16.7. The monoisotopic (exact) mass is 343 g/mol. The minimum atomic E-state index is -0.299. The number of hydrogen-bond acceptors (Lipinski definition) is 5. The van der Waals surface area contributed by atoms with Crippen LogP contribution in [-0.2, 0) is 0 Å². The van der Waals surface area contributed by atoms with Gasteiger partial charge in [0.15, 0.2) is 4.96 Å². The van der Waals surface area contributed by atoms with Crippen molar-refractivity contribution in [2.45, 2.75) is 25.8 Å². The van der Waals surface area contributed by atoms with Gasteiger partial charge in [-0.15, -0.1) is 11.3 Å². The third-order valence-electron chi connectivity index (χ3n) is 4.51. The summed E-state index contributed by atoms with van der Waals surface area (Å²) >= 11 is 1.37. The molecule has 1 amide bonds. The molecule has 0 N–H and O–H groups in total. The van der Waals surface area contributed by atoms with E-state index < -0.39 is 0 Å². The molecule has 0 unspecified atom stereocenters. The van der Waals surface area contributed by atoms with Crippen molar-refractivity contribution < 1.29 is 4.79 Å². The number of hydrogen-bond donors (Lipinski definition) is 0. The summed E-state index contributed by atoms with van der Waals surface area (Å²) < 4.78 is 3.53. The van der Waals surface area contributed by atoms with E-state index in [0.717, 1.165) is 18.7 Å². The van der Waals surface area contributed by atoms with Crippen molar-refractivity contribution in [3.05, 3.63) is 51.9 Å². The largest absolute Gasteiger partial charge is 0.336 e. The lowest BCUT2D eigenvalue weighted by molar-refractivity contribution is 0.0676. The summed E-state index contributed by atoms with van der Waals surface area (Å²) in [6.07, 6.45) is 8.69. The molecular weight excluding hydrogens is 326 g/mol. The summed E-state index contributed by atoms with van der Waals surface area (Å²) in [5.74, 6) is 0.700. The van der Waals surface area contributed by atoms with E-state index in [9.17, 15) is 9.59 Å². The van der Waals surface area contributed by atoms with Crippen molar-refractivity contribution in [3.63, 3.8) is 0 Å². The van der Waals surface area contributed by atoms with Gasteiger partial charge in [-0.25, -0.2) is 9.97 Å². The van der Waals surface area contributed by atoms with E-state index in [4.69, 9.17) is 0 Å². The molecule has 3 aromatic heterocycles. The van der Waals surface area contributed by atoms with Gasteiger partial charge in [0.05, 0.1) is 6.04 Å². The lowest BCUT2D eigenvalue weighted by Crippen LogP contribution is -2.42. The van der Waals surface area contributed by atoms with E-state index in [0.29, 0.717) is 18.1 Å². The SMILES string of the molecule is Cc1nccn1[C@@H]1CCCN(C(=O)c2cnc3sccn3c2=O)C1. The van der Waals surface area contributed by atoms with E-state index in [-0.39, 0.29) is 23.1 Å². The first-order valence-corrected chi connectivity index (χ1v) is 8.76. The van der Waals surface area contributed by atoms with E-state index >= 15 is 0 Å². The Morgan fingerprint density at radius 2 is 2.21 bits per heavy atom. The second-order valence-electron chi connectivity index (χ2n) is 5.96. The zero-order valence-electron chi connectivity index (χ0n) is 13.3. The van der Waals surface area contributed by atoms with Gasteiger partial charge in [0, 0.05) is 43.3 Å². The minimum Gasteiger partial charge on any atom is -0.336 e. The molecule has 7 nitrogen and oxygen atoms in total. The molecule has 1 atom stereocenters. The van der Waals surface area contributed by atoms with Crippen LogP contribution in [0.2, 0.25) is 0 Å². The maximum absolute atomic E-state index is 12.8. The number of carbonyl (C=O) groups is 1. The first-order valence-electron chi connectivity index (χ1n) is 7.89. The van der Waals surface area contributed by atoms with E-state index in [1.807, 2.05) is 13.1 Å². The maximum Gasteiger partial charge on any atom is 0.271 e. The van der Waals surface area contributed by atoms with Gasteiger partial charge in [-0.2, -0.15) is 0 Å². The molecule has 0 spiro atoms. The van der Waals surface area contributed by atoms with Crippen LogP contribution < -0.4 is 5.56 Å². The van der Waals surface area contributed by atoms with E-state index in [1.54, 1.807) is 22.7 Å². The average molecular weight is 343 g/mol. The number of aryl methyl sites for hydroxylation is 1. The molecule has 124 valence electrons. The number of rotatable bonds is 2. The van der Waals surface area contributed by atoms with Crippen LogP contribution >= 0.6 is 11.3 Å². The Bertz CT molecular complexity index is 957. The van der Waals surface area contributed by atoms with Gasteiger partial charge in [-0.3, -0.25) is 14.0 Å². The number of thiazole rings is 1. The van der Waals surface area contributed by atoms with Crippen molar-refractivity contribution in [2.24, 2.45) is 0 Å². The fourth-order valence-corrected chi connectivity index (χ4v) is 3.96. The molecule has 1 saturated heterocycles. The highest BCUT2D eigenvalue weighted by atomic mass is 32.1. The van der Waals surface area contributed by atoms with Crippen molar-refractivity contribution >= 4 is 22.2 Å². The number of carbonyl (C=O) groups excluding carboxylic acids is 1. The summed E-state index contributed by atoms with van der Waals surface area (Å²) in [5.41, 5.74) is -0.166. The molecule has 0 bridgehead atoms. The number of aromatic nitrogens is 4. The summed E-state index contributed by atoms with van der Waals surface area (Å²) in [7, 11) is 0. The topological polar surface area (TPSA) is 72.5 Å². The molecule has 8 heteroatoms. The quantitative estimate of drug-likeness (QED) is 0.710. The normalized spacial score (nSPS) is 18.2. The molecule has 4 rings (SSSR count). The second-order valence-corrected chi connectivity index (χ2v) is 6.83. The van der Waals surface area contributed by atoms with Crippen molar-refractivity contribution in [3.8, 4) is 0 Å². The molecule has 1 aliphatic rings. The maximum atomic E-state index is 12.8. The van der Waals surface area contributed by atoms with Crippen LogP contribution in [0.25, 0.3) is 4.96 Å². The molecule has 24 heavy (non-hydrogen) atoms. The average Bonchev–Trinajstić information content (AvgIpc) is 3.24. The fourth-order valence-electron chi connectivity index (χ4n) is 3.28. The van der Waals surface area contributed by atoms with Crippen LogP contribution in [0, 0.1) is 6.92 Å². The molecule has 0 aliphatic carbocycles. The zero-order valence-corrected chi connectivity index (χ0v) is 14.1. The number of imidazole rings is 1. The van der Waals surface area contributed by atoms with Crippen LogP contribution in [0.15, 0.2) is 35.0 Å². The predicted molar refractivity (Wildman–Crippen MR) is 90.5 cm³/mol. The van der Waals surface area contributed by atoms with E-state index in [2.05, 4.69) is 14.5 Å². The van der Waals surface area contributed by atoms with Crippen molar-refractivity contribution in [1.29, 1.82) is 0 Å². The first kappa shape index (κ1) is 15.1.